The smallest absolute Gasteiger partial charge is 0.234 e. The Morgan fingerprint density at radius 3 is 3.08 bits per heavy atom. The number of rotatable bonds is 5. The summed E-state index contributed by atoms with van der Waals surface area (Å²) in [6.07, 6.45) is 4.35. The normalized spacial score (nSPS) is 18.3. The standard InChI is InChI=1S/C20H24ClN3O2/c1-14(8-16-4-3-7-22-10-16)23-20(25)13-24-11-15(2)26-19-6-5-18(21)9-17(19)12-24/h3-7,9-10,14-15H,8,11-13H2,1-2H3,(H,23,25). The summed E-state index contributed by atoms with van der Waals surface area (Å²) in [6.45, 7) is 5.69. The molecule has 2 atom stereocenters. The van der Waals surface area contributed by atoms with Crippen LogP contribution in [0.3, 0.4) is 0 Å². The number of nitrogens with one attached hydrogen (secondary N) is 1. The van der Waals surface area contributed by atoms with Crippen molar-refractivity contribution in [3.8, 4) is 5.75 Å². The lowest BCUT2D eigenvalue weighted by Crippen LogP contribution is -2.43. The van der Waals surface area contributed by atoms with Crippen LogP contribution in [0.1, 0.15) is 25.0 Å². The van der Waals surface area contributed by atoms with E-state index < -0.39 is 0 Å². The molecular formula is C20H24ClN3O2. The van der Waals surface area contributed by atoms with E-state index in [1.807, 2.05) is 50.4 Å². The van der Waals surface area contributed by atoms with Gasteiger partial charge < -0.3 is 10.1 Å². The van der Waals surface area contributed by atoms with Gasteiger partial charge in [0.15, 0.2) is 0 Å². The van der Waals surface area contributed by atoms with Gasteiger partial charge in [-0.3, -0.25) is 14.7 Å². The topological polar surface area (TPSA) is 54.5 Å². The molecule has 1 aliphatic heterocycles. The first-order valence-electron chi connectivity index (χ1n) is 8.85. The summed E-state index contributed by atoms with van der Waals surface area (Å²) in [7, 11) is 0. The molecule has 0 bridgehead atoms. The number of ether oxygens (including phenoxy) is 1. The summed E-state index contributed by atoms with van der Waals surface area (Å²) < 4.78 is 5.94. The zero-order chi connectivity index (χ0) is 18.5. The van der Waals surface area contributed by atoms with Crippen LogP contribution in [0.2, 0.25) is 5.02 Å². The average molecular weight is 374 g/mol. The van der Waals surface area contributed by atoms with Crippen LogP contribution >= 0.6 is 11.6 Å². The van der Waals surface area contributed by atoms with Crippen LogP contribution in [0.15, 0.2) is 42.7 Å². The van der Waals surface area contributed by atoms with Crippen LogP contribution in [-0.4, -0.2) is 41.0 Å². The van der Waals surface area contributed by atoms with E-state index in [4.69, 9.17) is 16.3 Å². The quantitative estimate of drug-likeness (QED) is 0.875. The van der Waals surface area contributed by atoms with Crippen LogP contribution < -0.4 is 10.1 Å². The minimum Gasteiger partial charge on any atom is -0.489 e. The highest BCUT2D eigenvalue weighted by molar-refractivity contribution is 6.30. The molecule has 2 aromatic rings. The van der Waals surface area contributed by atoms with Crippen LogP contribution in [0.5, 0.6) is 5.75 Å². The number of benzene rings is 1. The van der Waals surface area contributed by atoms with E-state index in [-0.39, 0.29) is 18.1 Å². The Bertz CT molecular complexity index is 754. The van der Waals surface area contributed by atoms with Gasteiger partial charge in [0, 0.05) is 42.1 Å². The molecular weight excluding hydrogens is 350 g/mol. The third-order valence-electron chi connectivity index (χ3n) is 4.30. The fourth-order valence-corrected chi connectivity index (χ4v) is 3.47. The maximum Gasteiger partial charge on any atom is 0.234 e. The number of carbonyl (C=O) groups is 1. The number of amides is 1. The second-order valence-corrected chi connectivity index (χ2v) is 7.32. The molecule has 1 N–H and O–H groups in total. The Kier molecular flexibility index (Phi) is 6.12. The number of pyridine rings is 1. The first kappa shape index (κ1) is 18.7. The van der Waals surface area contributed by atoms with Crippen molar-refractivity contribution in [3.63, 3.8) is 0 Å². The minimum atomic E-state index is 0.0121. The van der Waals surface area contributed by atoms with Gasteiger partial charge in [-0.25, -0.2) is 0 Å². The van der Waals surface area contributed by atoms with E-state index in [0.29, 0.717) is 24.7 Å². The second kappa shape index (κ2) is 8.52. The van der Waals surface area contributed by atoms with Crippen molar-refractivity contribution >= 4 is 17.5 Å². The Balaban J connectivity index is 1.58. The van der Waals surface area contributed by atoms with Gasteiger partial charge in [0.1, 0.15) is 11.9 Å². The molecule has 0 radical (unpaired) electrons. The van der Waals surface area contributed by atoms with Gasteiger partial charge in [-0.1, -0.05) is 17.7 Å². The molecule has 1 aliphatic rings. The van der Waals surface area contributed by atoms with Crippen molar-refractivity contribution in [2.75, 3.05) is 13.1 Å². The van der Waals surface area contributed by atoms with Crippen LogP contribution in [0, 0.1) is 0 Å². The number of aromatic nitrogens is 1. The predicted octanol–water partition coefficient (Wildman–Crippen LogP) is 3.07. The van der Waals surface area contributed by atoms with E-state index in [0.717, 1.165) is 23.3 Å². The Morgan fingerprint density at radius 2 is 2.31 bits per heavy atom. The maximum absolute atomic E-state index is 12.5. The van der Waals surface area contributed by atoms with Gasteiger partial charge in [0.2, 0.25) is 5.91 Å². The molecule has 26 heavy (non-hydrogen) atoms. The lowest BCUT2D eigenvalue weighted by molar-refractivity contribution is -0.123. The third kappa shape index (κ3) is 5.19. The van der Waals surface area contributed by atoms with E-state index >= 15 is 0 Å². The largest absolute Gasteiger partial charge is 0.489 e. The summed E-state index contributed by atoms with van der Waals surface area (Å²) in [5, 5.41) is 3.75. The molecule has 6 heteroatoms. The summed E-state index contributed by atoms with van der Waals surface area (Å²) >= 11 is 6.11. The van der Waals surface area contributed by atoms with Crippen molar-refractivity contribution < 1.29 is 9.53 Å². The SMILES string of the molecule is CC(Cc1cccnc1)NC(=O)CN1Cc2cc(Cl)ccc2OC(C)C1. The van der Waals surface area contributed by atoms with Crippen molar-refractivity contribution in [1.82, 2.24) is 15.2 Å². The summed E-state index contributed by atoms with van der Waals surface area (Å²) in [6, 6.07) is 9.61. The fourth-order valence-electron chi connectivity index (χ4n) is 3.28. The van der Waals surface area contributed by atoms with Gasteiger partial charge >= 0.3 is 0 Å². The average Bonchev–Trinajstić information content (AvgIpc) is 2.72. The molecule has 138 valence electrons. The van der Waals surface area contributed by atoms with Crippen molar-refractivity contribution in [2.45, 2.75) is 39.0 Å². The van der Waals surface area contributed by atoms with E-state index in [2.05, 4.69) is 15.2 Å². The van der Waals surface area contributed by atoms with Crippen LogP contribution in [-0.2, 0) is 17.8 Å². The Hall–Kier alpha value is -2.11. The molecule has 3 rings (SSSR count). The van der Waals surface area contributed by atoms with Crippen LogP contribution in [0.4, 0.5) is 0 Å². The molecule has 1 amide bonds. The first-order chi connectivity index (χ1) is 12.5. The number of nitrogens with zero attached hydrogens (tertiary/aromatic N) is 2. The van der Waals surface area contributed by atoms with Gasteiger partial charge in [-0.05, 0) is 50.1 Å². The molecule has 2 unspecified atom stereocenters. The number of hydrogen-bond donors (Lipinski definition) is 1. The Labute approximate surface area is 159 Å². The van der Waals surface area contributed by atoms with Crippen molar-refractivity contribution in [1.29, 1.82) is 0 Å². The molecule has 0 fully saturated rings. The molecule has 0 saturated heterocycles. The van der Waals surface area contributed by atoms with Gasteiger partial charge in [0.25, 0.3) is 0 Å². The minimum absolute atomic E-state index is 0.0121. The van der Waals surface area contributed by atoms with E-state index in [9.17, 15) is 4.79 Å². The monoisotopic (exact) mass is 373 g/mol. The molecule has 1 aromatic heterocycles. The zero-order valence-electron chi connectivity index (χ0n) is 15.1. The molecule has 1 aromatic carbocycles. The number of fused-ring (bicyclic) bond motifs is 1. The van der Waals surface area contributed by atoms with Gasteiger partial charge in [-0.2, -0.15) is 0 Å². The van der Waals surface area contributed by atoms with Crippen LogP contribution in [0.25, 0.3) is 0 Å². The first-order valence-corrected chi connectivity index (χ1v) is 9.23. The third-order valence-corrected chi connectivity index (χ3v) is 4.53. The van der Waals surface area contributed by atoms with Gasteiger partial charge in [0.05, 0.1) is 6.54 Å². The molecule has 5 nitrogen and oxygen atoms in total. The van der Waals surface area contributed by atoms with Crippen molar-refractivity contribution in [2.24, 2.45) is 0 Å². The highest BCUT2D eigenvalue weighted by atomic mass is 35.5. The molecule has 0 saturated carbocycles. The fraction of sp³-hybridized carbons (Fsp3) is 0.400. The Morgan fingerprint density at radius 1 is 1.46 bits per heavy atom. The van der Waals surface area contributed by atoms with Crippen molar-refractivity contribution in [3.05, 3.63) is 58.9 Å². The molecule has 0 spiro atoms. The number of carbonyl (C=O) groups excluding carboxylic acids is 1. The summed E-state index contributed by atoms with van der Waals surface area (Å²) in [5.74, 6) is 0.855. The van der Waals surface area contributed by atoms with E-state index in [1.54, 1.807) is 6.20 Å². The highest BCUT2D eigenvalue weighted by Gasteiger charge is 2.22. The van der Waals surface area contributed by atoms with Gasteiger partial charge in [-0.15, -0.1) is 0 Å². The summed E-state index contributed by atoms with van der Waals surface area (Å²) in [4.78, 5) is 18.7. The number of halogens is 1. The zero-order valence-corrected chi connectivity index (χ0v) is 15.9. The molecule has 0 aliphatic carbocycles. The predicted molar refractivity (Wildman–Crippen MR) is 102 cm³/mol. The highest BCUT2D eigenvalue weighted by Crippen LogP contribution is 2.27. The van der Waals surface area contributed by atoms with E-state index in [1.165, 1.54) is 0 Å². The summed E-state index contributed by atoms with van der Waals surface area (Å²) in [5.41, 5.74) is 2.12. The number of hydrogen-bond acceptors (Lipinski definition) is 4. The molecule has 2 heterocycles. The lowest BCUT2D eigenvalue weighted by Gasteiger charge is -2.22. The second-order valence-electron chi connectivity index (χ2n) is 6.88. The maximum atomic E-state index is 12.5. The lowest BCUT2D eigenvalue weighted by atomic mass is 10.1.